The number of hydrogen-bond acceptors (Lipinski definition) is 4. The molecular formula is C14H30N4O2. The first kappa shape index (κ1) is 17.2. The van der Waals surface area contributed by atoms with Crippen molar-refractivity contribution < 1.29 is 9.47 Å². The largest absolute Gasteiger partial charge is 0.385 e. The summed E-state index contributed by atoms with van der Waals surface area (Å²) in [6.45, 7) is 6.59. The molecule has 118 valence electrons. The Morgan fingerprint density at radius 3 is 2.80 bits per heavy atom. The Labute approximate surface area is 122 Å². The average molecular weight is 286 g/mol. The monoisotopic (exact) mass is 286 g/mol. The van der Waals surface area contributed by atoms with Gasteiger partial charge in [0.05, 0.1) is 5.60 Å². The van der Waals surface area contributed by atoms with Crippen LogP contribution < -0.4 is 16.6 Å². The molecule has 20 heavy (non-hydrogen) atoms. The Morgan fingerprint density at radius 2 is 2.20 bits per heavy atom. The Morgan fingerprint density at radius 1 is 1.45 bits per heavy atom. The molecule has 6 heteroatoms. The fourth-order valence-electron chi connectivity index (χ4n) is 2.62. The first-order chi connectivity index (χ1) is 9.69. The van der Waals surface area contributed by atoms with Gasteiger partial charge in [-0.05, 0) is 32.1 Å². The highest BCUT2D eigenvalue weighted by Crippen LogP contribution is 2.31. The van der Waals surface area contributed by atoms with Gasteiger partial charge in [-0.25, -0.2) is 5.84 Å². The molecule has 1 unspecified atom stereocenters. The van der Waals surface area contributed by atoms with Crippen LogP contribution in [-0.4, -0.2) is 44.5 Å². The molecule has 0 bridgehead atoms. The van der Waals surface area contributed by atoms with Crippen molar-refractivity contribution in [3.63, 3.8) is 0 Å². The Hall–Kier alpha value is -0.850. The molecular weight excluding hydrogens is 256 g/mol. The SMILES string of the molecule is CCC1(CC)CC(NC(=NCCCOC)NN)CCO1. The number of hydrogen-bond donors (Lipinski definition) is 3. The second-order valence-electron chi connectivity index (χ2n) is 5.29. The minimum atomic E-state index is 0.00563. The fourth-order valence-corrected chi connectivity index (χ4v) is 2.62. The highest BCUT2D eigenvalue weighted by molar-refractivity contribution is 5.79. The van der Waals surface area contributed by atoms with Gasteiger partial charge in [-0.1, -0.05) is 13.8 Å². The predicted molar refractivity (Wildman–Crippen MR) is 81.5 cm³/mol. The summed E-state index contributed by atoms with van der Waals surface area (Å²) < 4.78 is 11.0. The number of methoxy groups -OCH3 is 1. The standard InChI is InChI=1S/C14H30N4O2/c1-4-14(5-2)11-12(7-10-20-14)17-13(18-15)16-8-6-9-19-3/h12H,4-11,15H2,1-3H3,(H2,16,17,18). The van der Waals surface area contributed by atoms with Crippen LogP contribution >= 0.6 is 0 Å². The van der Waals surface area contributed by atoms with Crippen molar-refractivity contribution in [1.82, 2.24) is 10.7 Å². The number of nitrogens with one attached hydrogen (secondary N) is 2. The van der Waals surface area contributed by atoms with Crippen molar-refractivity contribution in [2.45, 2.75) is 57.6 Å². The van der Waals surface area contributed by atoms with Gasteiger partial charge < -0.3 is 14.8 Å². The molecule has 0 spiro atoms. The van der Waals surface area contributed by atoms with E-state index in [9.17, 15) is 0 Å². The summed E-state index contributed by atoms with van der Waals surface area (Å²) in [6, 6.07) is 0.362. The lowest BCUT2D eigenvalue weighted by molar-refractivity contribution is -0.0910. The third kappa shape index (κ3) is 5.26. The molecule has 0 aromatic carbocycles. The number of ether oxygens (including phenoxy) is 2. The predicted octanol–water partition coefficient (Wildman–Crippen LogP) is 1.17. The van der Waals surface area contributed by atoms with Crippen LogP contribution in [-0.2, 0) is 9.47 Å². The van der Waals surface area contributed by atoms with Crippen LogP contribution in [0.25, 0.3) is 0 Å². The molecule has 1 rings (SSSR count). The maximum Gasteiger partial charge on any atom is 0.205 e. The fraction of sp³-hybridized carbons (Fsp3) is 0.929. The van der Waals surface area contributed by atoms with E-state index in [2.05, 4.69) is 29.6 Å². The minimum Gasteiger partial charge on any atom is -0.385 e. The molecule has 1 saturated heterocycles. The highest BCUT2D eigenvalue weighted by Gasteiger charge is 2.34. The summed E-state index contributed by atoms with van der Waals surface area (Å²) in [7, 11) is 1.70. The molecule has 1 aliphatic heterocycles. The van der Waals surface area contributed by atoms with E-state index in [1.807, 2.05) is 0 Å². The number of aliphatic imine (C=N–C) groups is 1. The zero-order valence-corrected chi connectivity index (χ0v) is 13.1. The molecule has 0 aromatic heterocycles. The van der Waals surface area contributed by atoms with E-state index >= 15 is 0 Å². The van der Waals surface area contributed by atoms with Gasteiger partial charge in [0.1, 0.15) is 0 Å². The van der Waals surface area contributed by atoms with Gasteiger partial charge in [0.25, 0.3) is 0 Å². The maximum atomic E-state index is 5.97. The molecule has 0 amide bonds. The summed E-state index contributed by atoms with van der Waals surface area (Å²) in [4.78, 5) is 4.42. The molecule has 1 heterocycles. The van der Waals surface area contributed by atoms with E-state index in [1.165, 1.54) is 0 Å². The van der Waals surface area contributed by atoms with Crippen molar-refractivity contribution in [1.29, 1.82) is 0 Å². The molecule has 0 aromatic rings. The molecule has 0 saturated carbocycles. The van der Waals surface area contributed by atoms with Crippen molar-refractivity contribution in [3.05, 3.63) is 0 Å². The minimum absolute atomic E-state index is 0.00563. The lowest BCUT2D eigenvalue weighted by Gasteiger charge is -2.40. The Balaban J connectivity index is 2.48. The van der Waals surface area contributed by atoms with Gasteiger partial charge >= 0.3 is 0 Å². The van der Waals surface area contributed by atoms with Crippen LogP contribution in [0.5, 0.6) is 0 Å². The zero-order valence-electron chi connectivity index (χ0n) is 13.1. The summed E-state index contributed by atoms with van der Waals surface area (Å²) >= 11 is 0. The van der Waals surface area contributed by atoms with Crippen LogP contribution in [0.15, 0.2) is 4.99 Å². The third-order valence-corrected chi connectivity index (χ3v) is 4.04. The molecule has 0 aliphatic carbocycles. The second kappa shape index (κ2) is 9.15. The van der Waals surface area contributed by atoms with Crippen LogP contribution in [0.4, 0.5) is 0 Å². The quantitative estimate of drug-likeness (QED) is 0.215. The topological polar surface area (TPSA) is 80.9 Å². The smallest absolute Gasteiger partial charge is 0.205 e. The summed E-state index contributed by atoms with van der Waals surface area (Å²) in [5, 5.41) is 3.40. The Bertz CT molecular complexity index is 293. The number of nitrogens with zero attached hydrogens (tertiary/aromatic N) is 1. The van der Waals surface area contributed by atoms with Crippen molar-refractivity contribution >= 4 is 5.96 Å². The summed E-state index contributed by atoms with van der Waals surface area (Å²) in [6.07, 6.45) is 4.96. The average Bonchev–Trinajstić information content (AvgIpc) is 2.50. The van der Waals surface area contributed by atoms with Crippen molar-refractivity contribution in [3.8, 4) is 0 Å². The Kier molecular flexibility index (Phi) is 7.87. The normalized spacial score (nSPS) is 22.6. The number of rotatable bonds is 7. The lowest BCUT2D eigenvalue weighted by atomic mass is 9.86. The van der Waals surface area contributed by atoms with Gasteiger partial charge in [0, 0.05) is 32.9 Å². The van der Waals surface area contributed by atoms with E-state index in [0.29, 0.717) is 25.2 Å². The van der Waals surface area contributed by atoms with E-state index in [0.717, 1.165) is 38.7 Å². The number of guanidine groups is 1. The second-order valence-corrected chi connectivity index (χ2v) is 5.29. The first-order valence-electron chi connectivity index (χ1n) is 7.60. The summed E-state index contributed by atoms with van der Waals surface area (Å²) in [5.41, 5.74) is 2.65. The van der Waals surface area contributed by atoms with Crippen LogP contribution in [0.1, 0.15) is 46.0 Å². The van der Waals surface area contributed by atoms with E-state index in [4.69, 9.17) is 15.3 Å². The zero-order chi connectivity index (χ0) is 14.8. The van der Waals surface area contributed by atoms with Crippen molar-refractivity contribution in [2.24, 2.45) is 10.8 Å². The first-order valence-corrected chi connectivity index (χ1v) is 7.60. The van der Waals surface area contributed by atoms with Gasteiger partial charge in [-0.3, -0.25) is 10.4 Å². The number of nitrogens with two attached hydrogens (primary N) is 1. The number of hydrazine groups is 1. The molecule has 1 fully saturated rings. The highest BCUT2D eigenvalue weighted by atomic mass is 16.5. The molecule has 1 atom stereocenters. The lowest BCUT2D eigenvalue weighted by Crippen LogP contribution is -2.52. The van der Waals surface area contributed by atoms with Crippen LogP contribution in [0.3, 0.4) is 0 Å². The van der Waals surface area contributed by atoms with Gasteiger partial charge in [0.15, 0.2) is 0 Å². The van der Waals surface area contributed by atoms with Crippen LogP contribution in [0.2, 0.25) is 0 Å². The van der Waals surface area contributed by atoms with Gasteiger partial charge in [-0.15, -0.1) is 0 Å². The van der Waals surface area contributed by atoms with Crippen molar-refractivity contribution in [2.75, 3.05) is 26.9 Å². The summed E-state index contributed by atoms with van der Waals surface area (Å²) in [5.74, 6) is 6.19. The van der Waals surface area contributed by atoms with E-state index in [-0.39, 0.29) is 5.60 Å². The van der Waals surface area contributed by atoms with E-state index < -0.39 is 0 Å². The van der Waals surface area contributed by atoms with E-state index in [1.54, 1.807) is 7.11 Å². The molecule has 6 nitrogen and oxygen atoms in total. The third-order valence-electron chi connectivity index (χ3n) is 4.04. The molecule has 0 radical (unpaired) electrons. The van der Waals surface area contributed by atoms with Crippen LogP contribution in [0, 0.1) is 0 Å². The maximum absolute atomic E-state index is 5.97. The molecule has 1 aliphatic rings. The molecule has 4 N–H and O–H groups in total. The van der Waals surface area contributed by atoms with Gasteiger partial charge in [0.2, 0.25) is 5.96 Å². The van der Waals surface area contributed by atoms with Gasteiger partial charge in [-0.2, -0.15) is 0 Å².